The van der Waals surface area contributed by atoms with Gasteiger partial charge in [0.25, 0.3) is 0 Å². The summed E-state index contributed by atoms with van der Waals surface area (Å²) in [6.07, 6.45) is 8.88. The molecule has 1 fully saturated rings. The van der Waals surface area contributed by atoms with Crippen LogP contribution in [0, 0.1) is 0 Å². The molecule has 0 radical (unpaired) electrons. The van der Waals surface area contributed by atoms with Crippen molar-refractivity contribution in [2.45, 2.75) is 25.6 Å². The van der Waals surface area contributed by atoms with Gasteiger partial charge in [-0.05, 0) is 47.9 Å². The van der Waals surface area contributed by atoms with Crippen molar-refractivity contribution in [1.82, 2.24) is 23.9 Å². The van der Waals surface area contributed by atoms with Gasteiger partial charge in [0.05, 0.1) is 31.6 Å². The van der Waals surface area contributed by atoms with E-state index in [1.54, 1.807) is 6.20 Å². The second kappa shape index (κ2) is 12.5. The fraction of sp³-hybridized carbons (Fsp3) is 0.294. The third kappa shape index (κ3) is 6.11. The predicted octanol–water partition coefficient (Wildman–Crippen LogP) is 5.47. The maximum absolute atomic E-state index is 12.2. The van der Waals surface area contributed by atoms with Crippen LogP contribution in [0.2, 0.25) is 0 Å². The van der Waals surface area contributed by atoms with Crippen molar-refractivity contribution in [2.75, 3.05) is 39.8 Å². The average Bonchev–Trinajstić information content (AvgIpc) is 3.67. The minimum absolute atomic E-state index is 0.287. The molecule has 3 heterocycles. The molecule has 7 heteroatoms. The topological polar surface area (TPSA) is 55.5 Å². The van der Waals surface area contributed by atoms with Gasteiger partial charge >= 0.3 is 5.97 Å². The molecule has 41 heavy (non-hydrogen) atoms. The maximum Gasteiger partial charge on any atom is 0.337 e. The molecule has 6 rings (SSSR count). The zero-order valence-corrected chi connectivity index (χ0v) is 23.6. The Morgan fingerprint density at radius 3 is 2.24 bits per heavy atom. The summed E-state index contributed by atoms with van der Waals surface area (Å²) in [6.45, 7) is 6.92. The van der Waals surface area contributed by atoms with Crippen LogP contribution in [-0.2, 0) is 17.8 Å². The molecule has 0 aliphatic carbocycles. The molecule has 210 valence electrons. The van der Waals surface area contributed by atoms with E-state index in [-0.39, 0.29) is 12.0 Å². The first-order valence-corrected chi connectivity index (χ1v) is 14.4. The molecule has 0 N–H and O–H groups in total. The Morgan fingerprint density at radius 2 is 1.61 bits per heavy atom. The number of aromatic nitrogens is 3. The van der Waals surface area contributed by atoms with Gasteiger partial charge in [-0.15, -0.1) is 0 Å². The maximum atomic E-state index is 12.2. The summed E-state index contributed by atoms with van der Waals surface area (Å²) in [5.74, 6) is -0.311. The van der Waals surface area contributed by atoms with E-state index >= 15 is 0 Å². The largest absolute Gasteiger partial charge is 0.465 e. The number of benzene rings is 3. The van der Waals surface area contributed by atoms with E-state index in [0.717, 1.165) is 56.6 Å². The Hall–Kier alpha value is -4.20. The van der Waals surface area contributed by atoms with Crippen LogP contribution >= 0.6 is 0 Å². The van der Waals surface area contributed by atoms with Gasteiger partial charge in [-0.1, -0.05) is 60.7 Å². The number of methoxy groups -OCH3 is 1. The summed E-state index contributed by atoms with van der Waals surface area (Å²) in [5.41, 5.74) is 5.60. The predicted molar refractivity (Wildman–Crippen MR) is 162 cm³/mol. The highest BCUT2D eigenvalue weighted by atomic mass is 16.5. The second-order valence-electron chi connectivity index (χ2n) is 10.8. The minimum Gasteiger partial charge on any atom is -0.465 e. The van der Waals surface area contributed by atoms with Crippen molar-refractivity contribution in [2.24, 2.45) is 0 Å². The Kier molecular flexibility index (Phi) is 8.26. The Balaban J connectivity index is 1.11. The smallest absolute Gasteiger partial charge is 0.337 e. The number of ether oxygens (including phenoxy) is 1. The summed E-state index contributed by atoms with van der Waals surface area (Å²) in [7, 11) is 1.42. The molecule has 0 atom stereocenters. The van der Waals surface area contributed by atoms with Crippen LogP contribution in [-0.4, -0.2) is 69.7 Å². The number of nitrogens with zero attached hydrogens (tertiary/aromatic N) is 5. The number of hydrogen-bond donors (Lipinski definition) is 0. The number of esters is 1. The van der Waals surface area contributed by atoms with Crippen LogP contribution in [0.4, 0.5) is 0 Å². The standard InChI is InChI=1S/C34H37N5O2/c1-41-34(40)29-13-14-32-31(23-29)30(24-37-18-15-35-26-37)25-39(32)17-8-16-36-19-21-38(22-20-36)33(27-9-4-2-5-10-27)28-11-6-3-7-12-28/h2-7,9-15,18,23,25-26,33H,8,16-17,19-22,24H2,1H3. The summed E-state index contributed by atoms with van der Waals surface area (Å²) < 4.78 is 9.36. The number of carbonyl (C=O) groups excluding carboxylic acids is 1. The fourth-order valence-electron chi connectivity index (χ4n) is 6.10. The minimum atomic E-state index is -0.311. The number of piperazine rings is 1. The van der Waals surface area contributed by atoms with Crippen molar-refractivity contribution in [1.29, 1.82) is 0 Å². The molecule has 2 aromatic heterocycles. The fourth-order valence-corrected chi connectivity index (χ4v) is 6.10. The summed E-state index contributed by atoms with van der Waals surface area (Å²) in [6, 6.07) is 27.9. The first-order chi connectivity index (χ1) is 20.2. The van der Waals surface area contributed by atoms with Gasteiger partial charge < -0.3 is 18.8 Å². The molecule has 3 aromatic carbocycles. The van der Waals surface area contributed by atoms with Crippen molar-refractivity contribution < 1.29 is 9.53 Å². The number of aryl methyl sites for hydroxylation is 1. The zero-order chi connectivity index (χ0) is 28.0. The van der Waals surface area contributed by atoms with Crippen LogP contribution in [0.3, 0.4) is 0 Å². The number of imidazole rings is 1. The van der Waals surface area contributed by atoms with Gasteiger partial charge in [0.15, 0.2) is 0 Å². The van der Waals surface area contributed by atoms with Crippen LogP contribution in [0.25, 0.3) is 10.9 Å². The lowest BCUT2D eigenvalue weighted by molar-refractivity contribution is 0.0601. The van der Waals surface area contributed by atoms with Crippen molar-refractivity contribution in [3.8, 4) is 0 Å². The van der Waals surface area contributed by atoms with Gasteiger partial charge in [-0.2, -0.15) is 0 Å². The molecule has 1 aliphatic rings. The normalized spacial score (nSPS) is 14.6. The first kappa shape index (κ1) is 27.0. The van der Waals surface area contributed by atoms with E-state index < -0.39 is 0 Å². The zero-order valence-electron chi connectivity index (χ0n) is 23.6. The van der Waals surface area contributed by atoms with E-state index in [1.165, 1.54) is 23.8 Å². The van der Waals surface area contributed by atoms with Crippen LogP contribution in [0.5, 0.6) is 0 Å². The molecule has 0 bridgehead atoms. The highest BCUT2D eigenvalue weighted by molar-refractivity contribution is 5.96. The number of fused-ring (bicyclic) bond motifs is 1. The van der Waals surface area contributed by atoms with Crippen LogP contribution in [0.15, 0.2) is 104 Å². The van der Waals surface area contributed by atoms with E-state index in [1.807, 2.05) is 30.7 Å². The van der Waals surface area contributed by atoms with Gasteiger partial charge in [-0.25, -0.2) is 9.78 Å². The van der Waals surface area contributed by atoms with Crippen molar-refractivity contribution >= 4 is 16.9 Å². The molecular formula is C34H37N5O2. The van der Waals surface area contributed by atoms with Gasteiger partial charge in [0.2, 0.25) is 0 Å². The lowest BCUT2D eigenvalue weighted by Gasteiger charge is -2.40. The molecule has 1 saturated heterocycles. The first-order valence-electron chi connectivity index (χ1n) is 14.4. The van der Waals surface area contributed by atoms with Crippen molar-refractivity contribution in [3.63, 3.8) is 0 Å². The highest BCUT2D eigenvalue weighted by Crippen LogP contribution is 2.30. The second-order valence-corrected chi connectivity index (χ2v) is 10.8. The average molecular weight is 548 g/mol. The van der Waals surface area contributed by atoms with E-state index in [4.69, 9.17) is 4.74 Å². The third-order valence-electron chi connectivity index (χ3n) is 8.17. The lowest BCUT2D eigenvalue weighted by Crippen LogP contribution is -2.48. The summed E-state index contributed by atoms with van der Waals surface area (Å²) >= 11 is 0. The Morgan fingerprint density at radius 1 is 0.902 bits per heavy atom. The monoisotopic (exact) mass is 547 g/mol. The SMILES string of the molecule is COC(=O)c1ccc2c(c1)c(Cn1ccnc1)cn2CCCN1CCN(C(c2ccccc2)c2ccccc2)CC1. The molecule has 5 aromatic rings. The molecule has 0 amide bonds. The molecule has 0 saturated carbocycles. The van der Waals surface area contributed by atoms with Gasteiger partial charge in [-0.3, -0.25) is 4.90 Å². The third-order valence-corrected chi connectivity index (χ3v) is 8.17. The molecule has 0 unspecified atom stereocenters. The molecule has 7 nitrogen and oxygen atoms in total. The van der Waals surface area contributed by atoms with Crippen molar-refractivity contribution in [3.05, 3.63) is 126 Å². The number of rotatable bonds is 10. The molecule has 1 aliphatic heterocycles. The number of hydrogen-bond acceptors (Lipinski definition) is 5. The van der Waals surface area contributed by atoms with Gasteiger partial charge in [0, 0.05) is 62.2 Å². The number of carbonyl (C=O) groups is 1. The Labute approximate surface area is 241 Å². The summed E-state index contributed by atoms with van der Waals surface area (Å²) in [4.78, 5) is 21.6. The summed E-state index contributed by atoms with van der Waals surface area (Å²) in [5, 5.41) is 1.09. The molecular weight excluding hydrogens is 510 g/mol. The quantitative estimate of drug-likeness (QED) is 0.217. The van der Waals surface area contributed by atoms with Crippen LogP contribution in [0.1, 0.15) is 39.5 Å². The lowest BCUT2D eigenvalue weighted by atomic mass is 9.96. The van der Waals surface area contributed by atoms with E-state index in [9.17, 15) is 4.79 Å². The molecule has 0 spiro atoms. The Bertz CT molecular complexity index is 1520. The van der Waals surface area contributed by atoms with Gasteiger partial charge in [0.1, 0.15) is 0 Å². The van der Waals surface area contributed by atoms with Crippen LogP contribution < -0.4 is 0 Å². The highest BCUT2D eigenvalue weighted by Gasteiger charge is 2.26. The van der Waals surface area contributed by atoms with E-state index in [0.29, 0.717) is 12.1 Å². The van der Waals surface area contributed by atoms with E-state index in [2.05, 4.69) is 90.8 Å².